The van der Waals surface area contributed by atoms with E-state index in [-0.39, 0.29) is 11.8 Å². The summed E-state index contributed by atoms with van der Waals surface area (Å²) >= 11 is 0. The lowest BCUT2D eigenvalue weighted by atomic mass is 9.54. The van der Waals surface area contributed by atoms with Gasteiger partial charge in [-0.2, -0.15) is 5.26 Å². The Morgan fingerprint density at radius 1 is 1.52 bits per heavy atom. The molecule has 1 saturated carbocycles. The first-order valence-corrected chi connectivity index (χ1v) is 7.37. The summed E-state index contributed by atoms with van der Waals surface area (Å²) in [5.41, 5.74) is 2.27. The van der Waals surface area contributed by atoms with E-state index in [1.165, 1.54) is 0 Å². The number of rotatable bonds is 1. The molecule has 3 rings (SSSR count). The molecule has 4 atom stereocenters. The number of pyridine rings is 1. The molecule has 4 heteroatoms. The van der Waals surface area contributed by atoms with Crippen LogP contribution in [0.25, 0.3) is 0 Å². The second kappa shape index (κ2) is 4.85. The molecule has 1 fully saturated rings. The molecule has 0 aromatic carbocycles. The van der Waals surface area contributed by atoms with E-state index in [0.717, 1.165) is 16.8 Å². The molecule has 0 saturated heterocycles. The van der Waals surface area contributed by atoms with E-state index < -0.39 is 11.5 Å². The Balaban J connectivity index is 2.25. The number of methoxy groups -OCH3 is 1. The first-order valence-electron chi connectivity index (χ1n) is 7.37. The van der Waals surface area contributed by atoms with E-state index in [0.29, 0.717) is 18.7 Å². The Labute approximate surface area is 125 Å². The van der Waals surface area contributed by atoms with Crippen molar-refractivity contribution < 1.29 is 9.84 Å². The minimum atomic E-state index is -0.648. The summed E-state index contributed by atoms with van der Waals surface area (Å²) in [4.78, 5) is 4.52. The number of fused-ring (bicyclic) bond motifs is 4. The summed E-state index contributed by atoms with van der Waals surface area (Å²) in [6.07, 6.45) is 2.90. The smallest absolute Gasteiger partial charge is 0.213 e. The number of hydrogen-bond donors (Lipinski definition) is 1. The Kier molecular flexibility index (Phi) is 3.26. The SMILES string of the molecule is C/C=C1\[C@@H]2Cc3nc(OC)ccc3[C@@]1(C#N)CC(C)[C@@H]2O. The van der Waals surface area contributed by atoms with Gasteiger partial charge in [0.05, 0.1) is 25.0 Å². The summed E-state index contributed by atoms with van der Waals surface area (Å²) in [6.45, 7) is 3.98. The monoisotopic (exact) mass is 284 g/mol. The second-order valence-electron chi connectivity index (χ2n) is 6.09. The van der Waals surface area contributed by atoms with Crippen LogP contribution in [0.2, 0.25) is 0 Å². The number of hydrogen-bond acceptors (Lipinski definition) is 4. The van der Waals surface area contributed by atoms with Crippen LogP contribution >= 0.6 is 0 Å². The molecule has 21 heavy (non-hydrogen) atoms. The molecule has 110 valence electrons. The maximum absolute atomic E-state index is 10.5. The van der Waals surface area contributed by atoms with Crippen molar-refractivity contribution in [1.82, 2.24) is 4.98 Å². The molecule has 1 aromatic heterocycles. The number of aliphatic hydroxyl groups excluding tert-OH is 1. The van der Waals surface area contributed by atoms with Crippen LogP contribution < -0.4 is 4.74 Å². The van der Waals surface area contributed by atoms with Crippen molar-refractivity contribution in [3.05, 3.63) is 35.0 Å². The topological polar surface area (TPSA) is 66.1 Å². The number of nitrogens with zero attached hydrogens (tertiary/aromatic N) is 2. The Bertz CT molecular complexity index is 647. The lowest BCUT2D eigenvalue weighted by Gasteiger charge is -2.49. The van der Waals surface area contributed by atoms with Crippen LogP contribution in [0.1, 0.15) is 31.5 Å². The minimum absolute atomic E-state index is 0.0227. The molecule has 4 nitrogen and oxygen atoms in total. The van der Waals surface area contributed by atoms with E-state index in [1.54, 1.807) is 7.11 Å². The molecule has 1 heterocycles. The summed E-state index contributed by atoms with van der Waals surface area (Å²) in [5, 5.41) is 20.5. The Hall–Kier alpha value is -1.86. The van der Waals surface area contributed by atoms with Gasteiger partial charge in [-0.05, 0) is 42.9 Å². The average Bonchev–Trinajstić information content (AvgIpc) is 2.51. The van der Waals surface area contributed by atoms with Crippen LogP contribution in [0.15, 0.2) is 23.8 Å². The van der Waals surface area contributed by atoms with Crippen molar-refractivity contribution >= 4 is 0 Å². The second-order valence-corrected chi connectivity index (χ2v) is 6.09. The molecular formula is C17H20N2O2. The molecule has 2 bridgehead atoms. The summed E-state index contributed by atoms with van der Waals surface area (Å²) in [6, 6.07) is 6.32. The maximum atomic E-state index is 10.5. The third-order valence-corrected chi connectivity index (χ3v) is 5.05. The maximum Gasteiger partial charge on any atom is 0.213 e. The van der Waals surface area contributed by atoms with Gasteiger partial charge in [-0.15, -0.1) is 0 Å². The van der Waals surface area contributed by atoms with Crippen molar-refractivity contribution in [1.29, 1.82) is 5.26 Å². The molecule has 2 aliphatic rings. The third kappa shape index (κ3) is 1.81. The Morgan fingerprint density at radius 3 is 2.90 bits per heavy atom. The van der Waals surface area contributed by atoms with Gasteiger partial charge in [-0.1, -0.05) is 13.0 Å². The van der Waals surface area contributed by atoms with Gasteiger partial charge in [0.15, 0.2) is 0 Å². The van der Waals surface area contributed by atoms with Gasteiger partial charge in [0.2, 0.25) is 5.88 Å². The number of aliphatic hydroxyl groups is 1. The lowest BCUT2D eigenvalue weighted by Crippen LogP contribution is -2.50. The number of allylic oxidation sites excluding steroid dienone is 1. The predicted molar refractivity (Wildman–Crippen MR) is 78.8 cm³/mol. The molecule has 1 N–H and O–H groups in total. The fourth-order valence-corrected chi connectivity index (χ4v) is 4.09. The Morgan fingerprint density at radius 2 is 2.29 bits per heavy atom. The fraction of sp³-hybridized carbons (Fsp3) is 0.529. The van der Waals surface area contributed by atoms with Gasteiger partial charge < -0.3 is 9.84 Å². The van der Waals surface area contributed by atoms with E-state index >= 15 is 0 Å². The average molecular weight is 284 g/mol. The zero-order chi connectivity index (χ0) is 15.2. The lowest BCUT2D eigenvalue weighted by molar-refractivity contribution is 0.0305. The highest BCUT2D eigenvalue weighted by Crippen LogP contribution is 2.53. The number of ether oxygens (including phenoxy) is 1. The predicted octanol–water partition coefficient (Wildman–Crippen LogP) is 2.37. The normalized spacial score (nSPS) is 36.0. The number of nitriles is 1. The van der Waals surface area contributed by atoms with Crippen molar-refractivity contribution in [3.63, 3.8) is 0 Å². The van der Waals surface area contributed by atoms with Gasteiger partial charge in [0.1, 0.15) is 5.41 Å². The van der Waals surface area contributed by atoms with Crippen LogP contribution in [0.5, 0.6) is 5.88 Å². The van der Waals surface area contributed by atoms with Crippen LogP contribution in [0.4, 0.5) is 0 Å². The zero-order valence-corrected chi connectivity index (χ0v) is 12.6. The molecule has 0 aliphatic heterocycles. The first kappa shape index (κ1) is 14.1. The summed E-state index contributed by atoms with van der Waals surface area (Å²) in [7, 11) is 1.59. The molecule has 2 aliphatic carbocycles. The van der Waals surface area contributed by atoms with E-state index in [9.17, 15) is 10.4 Å². The number of aromatic nitrogens is 1. The minimum Gasteiger partial charge on any atom is -0.481 e. The third-order valence-electron chi connectivity index (χ3n) is 5.05. The molecule has 0 amide bonds. The zero-order valence-electron chi connectivity index (χ0n) is 12.6. The van der Waals surface area contributed by atoms with E-state index in [4.69, 9.17) is 4.74 Å². The van der Waals surface area contributed by atoms with Gasteiger partial charge in [0.25, 0.3) is 0 Å². The molecule has 1 unspecified atom stereocenters. The molecule has 1 aromatic rings. The standard InChI is InChI=1S/C17H20N2O2/c1-4-12-11-7-14-13(5-6-15(19-14)21-3)17(12,9-18)8-10(2)16(11)20/h4-6,10-11,16,20H,7-8H2,1-3H3/b12-4+/t10?,11-,16-,17+/m0/s1. The van der Waals surface area contributed by atoms with Crippen molar-refractivity contribution in [2.24, 2.45) is 11.8 Å². The van der Waals surface area contributed by atoms with Gasteiger partial charge in [-0.25, -0.2) is 4.98 Å². The highest BCUT2D eigenvalue weighted by molar-refractivity contribution is 5.53. The van der Waals surface area contributed by atoms with Crippen molar-refractivity contribution in [2.75, 3.05) is 7.11 Å². The first-order chi connectivity index (χ1) is 10.1. The van der Waals surface area contributed by atoms with E-state index in [2.05, 4.69) is 11.1 Å². The van der Waals surface area contributed by atoms with Gasteiger partial charge in [0, 0.05) is 12.0 Å². The summed E-state index contributed by atoms with van der Waals surface area (Å²) < 4.78 is 5.20. The van der Waals surface area contributed by atoms with Gasteiger partial charge in [-0.3, -0.25) is 0 Å². The highest BCUT2D eigenvalue weighted by Gasteiger charge is 2.53. The van der Waals surface area contributed by atoms with Crippen molar-refractivity contribution in [2.45, 2.75) is 38.2 Å². The molecular weight excluding hydrogens is 264 g/mol. The van der Waals surface area contributed by atoms with Crippen LogP contribution in [0, 0.1) is 23.2 Å². The van der Waals surface area contributed by atoms with Crippen LogP contribution in [-0.2, 0) is 11.8 Å². The fourth-order valence-electron chi connectivity index (χ4n) is 4.09. The van der Waals surface area contributed by atoms with Gasteiger partial charge >= 0.3 is 0 Å². The molecule has 0 radical (unpaired) electrons. The van der Waals surface area contributed by atoms with E-state index in [1.807, 2.05) is 32.1 Å². The molecule has 0 spiro atoms. The summed E-state index contributed by atoms with van der Waals surface area (Å²) in [5.74, 6) is 0.644. The largest absolute Gasteiger partial charge is 0.481 e. The van der Waals surface area contributed by atoms with Crippen molar-refractivity contribution in [3.8, 4) is 11.9 Å². The van der Waals surface area contributed by atoms with Crippen LogP contribution in [-0.4, -0.2) is 23.3 Å². The quantitative estimate of drug-likeness (QED) is 0.804. The van der Waals surface area contributed by atoms with Crippen LogP contribution in [0.3, 0.4) is 0 Å². The highest BCUT2D eigenvalue weighted by atomic mass is 16.5.